The normalized spacial score (nSPS) is 11.0. The van der Waals surface area contributed by atoms with Gasteiger partial charge in [0.25, 0.3) is 5.91 Å². The number of carbonyl (C=O) groups excluding carboxylic acids is 1. The molecule has 0 fully saturated rings. The minimum Gasteiger partial charge on any atom is -0.370 e. The number of nitrogens with one attached hydrogen (secondary N) is 1. The number of nitrogens with zero attached hydrogens (tertiary/aromatic N) is 4. The van der Waals surface area contributed by atoms with Gasteiger partial charge < -0.3 is 19.7 Å². The number of hydrogen-bond acceptors (Lipinski definition) is 6. The molecule has 0 saturated heterocycles. The summed E-state index contributed by atoms with van der Waals surface area (Å²) in [5.41, 5.74) is 3.22. The molecule has 3 aromatic rings. The number of aromatic nitrogens is 3. The van der Waals surface area contributed by atoms with Crippen LogP contribution in [0.3, 0.4) is 0 Å². The van der Waals surface area contributed by atoms with Crippen LogP contribution >= 0.6 is 0 Å². The number of ether oxygens (including phenoxy) is 2. The van der Waals surface area contributed by atoms with E-state index in [1.807, 2.05) is 63.4 Å². The molecule has 1 N–H and O–H groups in total. The third-order valence-corrected chi connectivity index (χ3v) is 4.64. The first-order chi connectivity index (χ1) is 15.1. The maximum absolute atomic E-state index is 12.5. The largest absolute Gasteiger partial charge is 0.370 e. The molecule has 31 heavy (non-hydrogen) atoms. The highest BCUT2D eigenvalue weighted by atomic mass is 16.7. The lowest BCUT2D eigenvalue weighted by Gasteiger charge is -2.19. The molecule has 0 radical (unpaired) electrons. The minimum atomic E-state index is -0.423. The number of anilines is 2. The van der Waals surface area contributed by atoms with Gasteiger partial charge in [-0.2, -0.15) is 0 Å². The third-order valence-electron chi connectivity index (χ3n) is 4.64. The van der Waals surface area contributed by atoms with Gasteiger partial charge in [0.05, 0.1) is 12.7 Å². The van der Waals surface area contributed by atoms with Gasteiger partial charge >= 0.3 is 0 Å². The average molecular weight is 424 g/mol. The number of benzene rings is 2. The van der Waals surface area contributed by atoms with Crippen LogP contribution in [0, 0.1) is 0 Å². The fourth-order valence-electron chi connectivity index (χ4n) is 3.11. The van der Waals surface area contributed by atoms with Crippen molar-refractivity contribution in [1.29, 1.82) is 0 Å². The fraction of sp³-hybridized carbons (Fsp3) is 0.348. The van der Waals surface area contributed by atoms with Gasteiger partial charge in [0.2, 0.25) is 0 Å². The Morgan fingerprint density at radius 3 is 2.39 bits per heavy atom. The Bertz CT molecular complexity index is 937. The molecule has 8 nitrogen and oxygen atoms in total. The molecule has 0 aliphatic carbocycles. The molecule has 1 aromatic heterocycles. The van der Waals surface area contributed by atoms with E-state index in [1.54, 1.807) is 10.9 Å². The highest BCUT2D eigenvalue weighted by Gasteiger charge is 2.15. The molecule has 0 saturated carbocycles. The lowest BCUT2D eigenvalue weighted by atomic mass is 10.2. The van der Waals surface area contributed by atoms with Crippen molar-refractivity contribution in [3.63, 3.8) is 0 Å². The van der Waals surface area contributed by atoms with Crippen LogP contribution in [-0.2, 0) is 22.6 Å². The Labute approximate surface area is 182 Å². The van der Waals surface area contributed by atoms with E-state index in [2.05, 4.69) is 32.7 Å². The topological polar surface area (TPSA) is 81.5 Å². The van der Waals surface area contributed by atoms with Crippen molar-refractivity contribution in [2.75, 3.05) is 30.5 Å². The molecule has 1 amide bonds. The van der Waals surface area contributed by atoms with Gasteiger partial charge in [0, 0.05) is 38.2 Å². The van der Waals surface area contributed by atoms with Crippen LogP contribution < -0.4 is 10.2 Å². The Hall–Kier alpha value is -3.23. The summed E-state index contributed by atoms with van der Waals surface area (Å²) >= 11 is 0. The number of hydrogen-bond donors (Lipinski definition) is 1. The second-order valence-electron chi connectivity index (χ2n) is 7.01. The first kappa shape index (κ1) is 22.5. The van der Waals surface area contributed by atoms with Gasteiger partial charge in [0.15, 0.2) is 12.0 Å². The molecule has 8 heteroatoms. The average Bonchev–Trinajstić information content (AvgIpc) is 3.24. The summed E-state index contributed by atoms with van der Waals surface area (Å²) in [4.78, 5) is 14.7. The fourth-order valence-corrected chi connectivity index (χ4v) is 3.11. The van der Waals surface area contributed by atoms with Crippen molar-refractivity contribution in [2.45, 2.75) is 33.2 Å². The molecule has 164 valence electrons. The SMILES string of the molecule is CCOC(Cn1cc(C(=O)Nc2ccc(N(C)Cc3ccccc3)cc2)nn1)OCC. The molecule has 0 aliphatic heterocycles. The van der Waals surface area contributed by atoms with Gasteiger partial charge in [-0.25, -0.2) is 4.68 Å². The summed E-state index contributed by atoms with van der Waals surface area (Å²) in [6.07, 6.45) is 1.16. The number of amides is 1. The van der Waals surface area contributed by atoms with Gasteiger partial charge in [-0.1, -0.05) is 35.5 Å². The van der Waals surface area contributed by atoms with Crippen LogP contribution in [0.4, 0.5) is 11.4 Å². The molecule has 0 atom stereocenters. The Kier molecular flexibility index (Phi) is 8.14. The van der Waals surface area contributed by atoms with Crippen LogP contribution in [-0.4, -0.2) is 47.5 Å². The molecule has 0 unspecified atom stereocenters. The van der Waals surface area contributed by atoms with Crippen molar-refractivity contribution in [2.24, 2.45) is 0 Å². The summed E-state index contributed by atoms with van der Waals surface area (Å²) in [6, 6.07) is 18.0. The van der Waals surface area contributed by atoms with Crippen molar-refractivity contribution in [3.8, 4) is 0 Å². The van der Waals surface area contributed by atoms with E-state index in [0.717, 1.165) is 12.2 Å². The van der Waals surface area contributed by atoms with Crippen molar-refractivity contribution >= 4 is 17.3 Å². The van der Waals surface area contributed by atoms with Crippen LogP contribution in [0.15, 0.2) is 60.8 Å². The second-order valence-corrected chi connectivity index (χ2v) is 7.01. The van der Waals surface area contributed by atoms with Crippen LogP contribution in [0.5, 0.6) is 0 Å². The monoisotopic (exact) mass is 423 g/mol. The molecule has 3 rings (SSSR count). The predicted molar refractivity (Wildman–Crippen MR) is 120 cm³/mol. The number of carbonyl (C=O) groups is 1. The van der Waals surface area contributed by atoms with E-state index >= 15 is 0 Å². The molecule has 1 heterocycles. The van der Waals surface area contributed by atoms with Crippen molar-refractivity contribution < 1.29 is 14.3 Å². The van der Waals surface area contributed by atoms with Gasteiger partial charge in [-0.15, -0.1) is 5.10 Å². The van der Waals surface area contributed by atoms with Gasteiger partial charge in [-0.05, 0) is 43.7 Å². The Balaban J connectivity index is 1.56. The smallest absolute Gasteiger partial charge is 0.277 e. The lowest BCUT2D eigenvalue weighted by molar-refractivity contribution is -0.145. The zero-order valence-electron chi connectivity index (χ0n) is 18.2. The van der Waals surface area contributed by atoms with E-state index in [4.69, 9.17) is 9.47 Å². The van der Waals surface area contributed by atoms with Crippen LogP contribution in [0.25, 0.3) is 0 Å². The van der Waals surface area contributed by atoms with E-state index in [-0.39, 0.29) is 11.6 Å². The Morgan fingerprint density at radius 1 is 1.06 bits per heavy atom. The zero-order valence-corrected chi connectivity index (χ0v) is 18.2. The highest BCUT2D eigenvalue weighted by molar-refractivity contribution is 6.02. The maximum atomic E-state index is 12.5. The number of rotatable bonds is 11. The quantitative estimate of drug-likeness (QED) is 0.475. The summed E-state index contributed by atoms with van der Waals surface area (Å²) in [7, 11) is 2.04. The summed E-state index contributed by atoms with van der Waals surface area (Å²) in [5.74, 6) is -0.319. The van der Waals surface area contributed by atoms with E-state index in [9.17, 15) is 4.79 Å². The molecule has 2 aromatic carbocycles. The van der Waals surface area contributed by atoms with Crippen LogP contribution in [0.1, 0.15) is 29.9 Å². The molecule has 0 bridgehead atoms. The van der Waals surface area contributed by atoms with E-state index in [1.165, 1.54) is 5.56 Å². The maximum Gasteiger partial charge on any atom is 0.277 e. The molecular weight excluding hydrogens is 394 g/mol. The summed E-state index contributed by atoms with van der Waals surface area (Å²) < 4.78 is 12.6. The van der Waals surface area contributed by atoms with E-state index in [0.29, 0.717) is 25.4 Å². The minimum absolute atomic E-state index is 0.233. The standard InChI is InChI=1S/C23H29N5O3/c1-4-30-22(31-5-2)17-28-16-21(25-26-28)23(29)24-19-11-13-20(14-12-19)27(3)15-18-9-7-6-8-10-18/h6-14,16,22H,4-5,15,17H2,1-3H3,(H,24,29). The van der Waals surface area contributed by atoms with Crippen molar-refractivity contribution in [3.05, 3.63) is 72.1 Å². The first-order valence-electron chi connectivity index (χ1n) is 10.4. The molecule has 0 aliphatic rings. The molecule has 0 spiro atoms. The Morgan fingerprint density at radius 2 is 1.74 bits per heavy atom. The summed E-state index contributed by atoms with van der Waals surface area (Å²) in [6.45, 7) is 6.03. The third kappa shape index (κ3) is 6.63. The molecular formula is C23H29N5O3. The van der Waals surface area contributed by atoms with Crippen LogP contribution in [0.2, 0.25) is 0 Å². The summed E-state index contributed by atoms with van der Waals surface area (Å²) in [5, 5.41) is 10.8. The predicted octanol–water partition coefficient (Wildman–Crippen LogP) is 3.57. The van der Waals surface area contributed by atoms with Gasteiger partial charge in [-0.3, -0.25) is 4.79 Å². The zero-order chi connectivity index (χ0) is 22.1. The second kappa shape index (κ2) is 11.2. The van der Waals surface area contributed by atoms with E-state index < -0.39 is 6.29 Å². The van der Waals surface area contributed by atoms with Crippen molar-refractivity contribution in [1.82, 2.24) is 15.0 Å². The lowest BCUT2D eigenvalue weighted by Crippen LogP contribution is -2.24. The first-order valence-corrected chi connectivity index (χ1v) is 10.4. The highest BCUT2D eigenvalue weighted by Crippen LogP contribution is 2.19. The van der Waals surface area contributed by atoms with Gasteiger partial charge in [0.1, 0.15) is 0 Å².